The molecule has 2 saturated carbocycles. The van der Waals surface area contributed by atoms with E-state index in [2.05, 4.69) is 46.6 Å². The van der Waals surface area contributed by atoms with Crippen LogP contribution in [0, 0.1) is 17.8 Å². The van der Waals surface area contributed by atoms with Crippen LogP contribution in [0.5, 0.6) is 0 Å². The third kappa shape index (κ3) is 5.18. The van der Waals surface area contributed by atoms with Gasteiger partial charge in [0.2, 0.25) is 5.91 Å². The number of rotatable bonds is 3. The summed E-state index contributed by atoms with van der Waals surface area (Å²) in [4.78, 5) is 32.9. The maximum Gasteiger partial charge on any atom is 0.320 e. The third-order valence-corrected chi connectivity index (χ3v) is 11.6. The monoisotopic (exact) mass is 605 g/mol. The molecule has 7 rings (SSSR count). The quantitative estimate of drug-likeness (QED) is 0.361. The Morgan fingerprint density at radius 1 is 1.05 bits per heavy atom. The number of halogens is 2. The highest BCUT2D eigenvalue weighted by Crippen LogP contribution is 2.45. The van der Waals surface area contributed by atoms with Crippen LogP contribution in [0.25, 0.3) is 0 Å². The Balaban J connectivity index is 1.25. The van der Waals surface area contributed by atoms with Crippen LogP contribution in [0.1, 0.15) is 52.4 Å². The van der Waals surface area contributed by atoms with Gasteiger partial charge in [0.1, 0.15) is 12.3 Å². The van der Waals surface area contributed by atoms with Crippen molar-refractivity contribution in [1.29, 1.82) is 0 Å². The first-order chi connectivity index (χ1) is 20.8. The molecule has 4 N–H and O–H groups in total. The van der Waals surface area contributed by atoms with E-state index in [9.17, 15) is 9.59 Å². The first kappa shape index (κ1) is 29.8. The van der Waals surface area contributed by atoms with Crippen molar-refractivity contribution in [1.82, 2.24) is 36.0 Å². The van der Waals surface area contributed by atoms with E-state index >= 15 is 8.78 Å². The van der Waals surface area contributed by atoms with Crippen LogP contribution in [-0.4, -0.2) is 126 Å². The number of amides is 3. The Kier molecular flexibility index (Phi) is 8.20. The molecule has 0 spiro atoms. The van der Waals surface area contributed by atoms with E-state index in [4.69, 9.17) is 4.74 Å². The van der Waals surface area contributed by atoms with Gasteiger partial charge in [-0.3, -0.25) is 15.0 Å². The number of ether oxygens (including phenoxy) is 1. The van der Waals surface area contributed by atoms with Crippen molar-refractivity contribution in [2.75, 3.05) is 32.8 Å². The van der Waals surface area contributed by atoms with Gasteiger partial charge < -0.3 is 30.5 Å². The summed E-state index contributed by atoms with van der Waals surface area (Å²) in [5.74, 6) is -0.598. The lowest BCUT2D eigenvalue weighted by Gasteiger charge is -2.59. The number of carbonyl (C=O) groups excluding carboxylic acids is 2. The zero-order valence-electron chi connectivity index (χ0n) is 25.5. The second-order valence-electron chi connectivity index (χ2n) is 14.2. The largest absolute Gasteiger partial charge is 0.375 e. The lowest BCUT2D eigenvalue weighted by molar-refractivity contribution is -0.131. The minimum absolute atomic E-state index is 0.00132. The number of piperazine rings is 1. The smallest absolute Gasteiger partial charge is 0.320 e. The number of piperidine rings is 2. The number of nitrogens with zero attached hydrogens (tertiary/aromatic N) is 3. The van der Waals surface area contributed by atoms with E-state index in [-0.39, 0.29) is 72.7 Å². The van der Waals surface area contributed by atoms with E-state index in [1.54, 1.807) is 0 Å². The number of urea groups is 1. The molecule has 5 heterocycles. The Morgan fingerprint density at radius 3 is 2.67 bits per heavy atom. The maximum absolute atomic E-state index is 16.5. The molecule has 12 unspecified atom stereocenters. The highest BCUT2D eigenvalue weighted by molar-refractivity contribution is 5.87. The Hall–Kier alpha value is -1.86. The van der Waals surface area contributed by atoms with Crippen molar-refractivity contribution in [3.8, 4) is 0 Å². The van der Waals surface area contributed by atoms with Gasteiger partial charge in [-0.2, -0.15) is 0 Å². The zero-order chi connectivity index (χ0) is 30.0. The van der Waals surface area contributed by atoms with Crippen LogP contribution in [0.2, 0.25) is 0 Å². The van der Waals surface area contributed by atoms with Gasteiger partial charge in [0.15, 0.2) is 0 Å². The fraction of sp³-hybridized carbons (Fsp3) is 0.871. The fourth-order valence-electron chi connectivity index (χ4n) is 9.55. The molecule has 10 nitrogen and oxygen atoms in total. The van der Waals surface area contributed by atoms with Crippen molar-refractivity contribution < 1.29 is 23.1 Å². The number of nitrogens with one attached hydrogen (secondary N) is 4. The van der Waals surface area contributed by atoms with Gasteiger partial charge in [0, 0.05) is 61.7 Å². The van der Waals surface area contributed by atoms with Crippen LogP contribution in [0.15, 0.2) is 12.7 Å². The van der Waals surface area contributed by atoms with E-state index < -0.39 is 30.5 Å². The molecule has 2 bridgehead atoms. The SMILES string of the molecule is C=CC(=O)N1CCN(C2NC(=O)N3C4NC(C(F)CC24)C2C(F)CCCC2NCCOC2CCNC(C(C)C)C23)C2C[C@H]21. The minimum atomic E-state index is -1.25. The molecule has 5 saturated heterocycles. The average molecular weight is 606 g/mol. The van der Waals surface area contributed by atoms with Gasteiger partial charge in [0.25, 0.3) is 0 Å². The second-order valence-corrected chi connectivity index (χ2v) is 14.2. The number of alkyl halides is 2. The molecule has 0 radical (unpaired) electrons. The summed E-state index contributed by atoms with van der Waals surface area (Å²) >= 11 is 0. The topological polar surface area (TPSA) is 101 Å². The molecular weight excluding hydrogens is 556 g/mol. The number of hydrogen-bond donors (Lipinski definition) is 4. The highest BCUT2D eigenvalue weighted by Gasteiger charge is 2.60. The molecule has 5 aliphatic heterocycles. The molecule has 12 heteroatoms. The molecule has 7 fully saturated rings. The van der Waals surface area contributed by atoms with Crippen LogP contribution >= 0.6 is 0 Å². The first-order valence-corrected chi connectivity index (χ1v) is 16.7. The Bertz CT molecular complexity index is 1080. The molecule has 13 atom stereocenters. The van der Waals surface area contributed by atoms with Crippen molar-refractivity contribution >= 4 is 11.9 Å². The molecule has 7 aliphatic rings. The highest BCUT2D eigenvalue weighted by atomic mass is 19.1. The zero-order valence-corrected chi connectivity index (χ0v) is 25.5. The van der Waals surface area contributed by atoms with Crippen molar-refractivity contribution in [2.24, 2.45) is 17.8 Å². The van der Waals surface area contributed by atoms with Crippen LogP contribution in [-0.2, 0) is 9.53 Å². The van der Waals surface area contributed by atoms with E-state index in [1.807, 2.05) is 9.80 Å². The van der Waals surface area contributed by atoms with E-state index in [0.29, 0.717) is 32.7 Å². The van der Waals surface area contributed by atoms with Crippen molar-refractivity contribution in [2.45, 2.75) is 119 Å². The Labute approximate surface area is 253 Å². The summed E-state index contributed by atoms with van der Waals surface area (Å²) in [6.45, 7) is 11.0. The normalized spacial score (nSPS) is 46.8. The second kappa shape index (κ2) is 11.8. The van der Waals surface area contributed by atoms with Crippen LogP contribution in [0.3, 0.4) is 0 Å². The van der Waals surface area contributed by atoms with Gasteiger partial charge in [0.05, 0.1) is 31.1 Å². The van der Waals surface area contributed by atoms with Gasteiger partial charge >= 0.3 is 6.03 Å². The molecule has 43 heavy (non-hydrogen) atoms. The summed E-state index contributed by atoms with van der Waals surface area (Å²) in [6, 6.07) is -1.07. The molecule has 240 valence electrons. The maximum atomic E-state index is 16.5. The summed E-state index contributed by atoms with van der Waals surface area (Å²) in [6.07, 6.45) is 1.86. The molecule has 2 aliphatic carbocycles. The van der Waals surface area contributed by atoms with E-state index in [1.165, 1.54) is 6.08 Å². The number of carbonyl (C=O) groups is 2. The van der Waals surface area contributed by atoms with Crippen LogP contribution in [0.4, 0.5) is 13.6 Å². The van der Waals surface area contributed by atoms with E-state index in [0.717, 1.165) is 32.2 Å². The summed E-state index contributed by atoms with van der Waals surface area (Å²) < 4.78 is 38.8. The van der Waals surface area contributed by atoms with Gasteiger partial charge in [-0.25, -0.2) is 13.6 Å². The molecule has 0 aromatic carbocycles. The fourth-order valence-corrected chi connectivity index (χ4v) is 9.55. The predicted molar refractivity (Wildman–Crippen MR) is 157 cm³/mol. The van der Waals surface area contributed by atoms with Crippen molar-refractivity contribution in [3.05, 3.63) is 12.7 Å². The van der Waals surface area contributed by atoms with Crippen LogP contribution < -0.4 is 21.3 Å². The minimum Gasteiger partial charge on any atom is -0.375 e. The average Bonchev–Trinajstić information content (AvgIpc) is 3.79. The molecule has 0 aromatic heterocycles. The Morgan fingerprint density at radius 2 is 1.88 bits per heavy atom. The summed E-state index contributed by atoms with van der Waals surface area (Å²) in [7, 11) is 0. The molecule has 0 aromatic rings. The summed E-state index contributed by atoms with van der Waals surface area (Å²) in [5.41, 5.74) is 0. The van der Waals surface area contributed by atoms with Gasteiger partial charge in [-0.05, 0) is 57.1 Å². The third-order valence-electron chi connectivity index (χ3n) is 11.6. The lowest BCUT2D eigenvalue weighted by Crippen LogP contribution is -2.80. The number of fused-ring (bicyclic) bond motifs is 6. The first-order valence-electron chi connectivity index (χ1n) is 16.7. The number of hydrogen-bond acceptors (Lipinski definition) is 7. The predicted octanol–water partition coefficient (Wildman–Crippen LogP) is 1.33. The van der Waals surface area contributed by atoms with Crippen molar-refractivity contribution in [3.63, 3.8) is 0 Å². The van der Waals surface area contributed by atoms with Gasteiger partial charge in [-0.15, -0.1) is 0 Å². The summed E-state index contributed by atoms with van der Waals surface area (Å²) in [5, 5.41) is 14.2. The molecular formula is C31H49F2N7O3. The van der Waals surface area contributed by atoms with Gasteiger partial charge in [-0.1, -0.05) is 20.4 Å². The molecule has 3 amide bonds. The lowest BCUT2D eigenvalue weighted by atomic mass is 9.72. The standard InChI is InChI=1S/C31H49F2N7O3/c1-4-24(41)38-11-12-39(22-15-21(22)38)29-17-14-19(33)27-25-18(32)6-5-7-20(25)34-10-13-43-23-8-9-35-26(16(2)3)28(23)40(30(17)36-27)31(42)37-29/h4,16-23,25-30,34-36H,1,5-15H2,2-3H3,(H,37,42)/t17?,18?,19?,20?,21-,22?,23?,25?,26?,27?,28?,29?,30?/m1/s1.